The van der Waals surface area contributed by atoms with Crippen LogP contribution in [-0.2, 0) is 20.8 Å². The zero-order chi connectivity index (χ0) is 14.3. The van der Waals surface area contributed by atoms with Crippen LogP contribution in [-0.4, -0.2) is 46.6 Å². The van der Waals surface area contributed by atoms with Crippen molar-refractivity contribution in [1.82, 2.24) is 5.32 Å². The van der Waals surface area contributed by atoms with Gasteiger partial charge < -0.3 is 23.9 Å². The standard InChI is InChI=1S/C13H21NO5/c1-9-12(13(15)18-4)5-10(19-9)6-14-7-11(17-3)8-16-2/h5,11,14H,6-8H2,1-4H3. The number of carbonyl (C=O) groups excluding carboxylic acids is 1. The van der Waals surface area contributed by atoms with Gasteiger partial charge in [-0.2, -0.15) is 0 Å². The van der Waals surface area contributed by atoms with Crippen LogP contribution < -0.4 is 5.32 Å². The number of hydrogen-bond acceptors (Lipinski definition) is 6. The first-order valence-electron chi connectivity index (χ1n) is 6.02. The van der Waals surface area contributed by atoms with E-state index in [0.29, 0.717) is 36.8 Å². The van der Waals surface area contributed by atoms with Crippen molar-refractivity contribution in [2.24, 2.45) is 0 Å². The van der Waals surface area contributed by atoms with E-state index in [1.165, 1.54) is 7.11 Å². The maximum atomic E-state index is 11.4. The highest BCUT2D eigenvalue weighted by Gasteiger charge is 2.15. The summed E-state index contributed by atoms with van der Waals surface area (Å²) in [5.74, 6) is 0.857. The molecule has 0 aliphatic heterocycles. The van der Waals surface area contributed by atoms with E-state index in [1.54, 1.807) is 27.2 Å². The van der Waals surface area contributed by atoms with Crippen LogP contribution in [0.1, 0.15) is 21.9 Å². The average Bonchev–Trinajstić information content (AvgIpc) is 2.78. The molecule has 0 radical (unpaired) electrons. The maximum Gasteiger partial charge on any atom is 0.341 e. The summed E-state index contributed by atoms with van der Waals surface area (Å²) in [5, 5.41) is 3.18. The van der Waals surface area contributed by atoms with E-state index in [2.05, 4.69) is 10.1 Å². The number of methoxy groups -OCH3 is 3. The van der Waals surface area contributed by atoms with Gasteiger partial charge >= 0.3 is 5.97 Å². The summed E-state index contributed by atoms with van der Waals surface area (Å²) in [6, 6.07) is 1.69. The van der Waals surface area contributed by atoms with Gasteiger partial charge in [-0.1, -0.05) is 0 Å². The lowest BCUT2D eigenvalue weighted by molar-refractivity contribution is 0.0285. The number of ether oxygens (including phenoxy) is 3. The minimum Gasteiger partial charge on any atom is -0.465 e. The molecule has 0 spiro atoms. The van der Waals surface area contributed by atoms with Gasteiger partial charge in [0, 0.05) is 20.8 Å². The van der Waals surface area contributed by atoms with Crippen molar-refractivity contribution < 1.29 is 23.4 Å². The highest BCUT2D eigenvalue weighted by Crippen LogP contribution is 2.15. The lowest BCUT2D eigenvalue weighted by Crippen LogP contribution is -2.31. The van der Waals surface area contributed by atoms with Crippen molar-refractivity contribution in [3.8, 4) is 0 Å². The van der Waals surface area contributed by atoms with Gasteiger partial charge in [-0.3, -0.25) is 0 Å². The molecular weight excluding hydrogens is 250 g/mol. The third-order valence-electron chi connectivity index (χ3n) is 2.73. The molecule has 1 unspecified atom stereocenters. The minimum absolute atomic E-state index is 0.0128. The highest BCUT2D eigenvalue weighted by molar-refractivity contribution is 5.90. The maximum absolute atomic E-state index is 11.4. The van der Waals surface area contributed by atoms with Gasteiger partial charge in [-0.25, -0.2) is 4.79 Å². The number of rotatable bonds is 8. The van der Waals surface area contributed by atoms with Gasteiger partial charge in [0.1, 0.15) is 17.1 Å². The molecule has 1 atom stereocenters. The molecular formula is C13H21NO5. The van der Waals surface area contributed by atoms with Gasteiger partial charge in [0.05, 0.1) is 26.4 Å². The van der Waals surface area contributed by atoms with Crippen molar-refractivity contribution in [2.75, 3.05) is 34.5 Å². The van der Waals surface area contributed by atoms with Crippen LogP contribution in [0.15, 0.2) is 10.5 Å². The molecule has 1 rings (SSSR count). The second-order valence-electron chi connectivity index (χ2n) is 4.12. The molecule has 0 aliphatic carbocycles. The van der Waals surface area contributed by atoms with Crippen LogP contribution >= 0.6 is 0 Å². The number of carbonyl (C=O) groups is 1. The van der Waals surface area contributed by atoms with Gasteiger partial charge in [-0.15, -0.1) is 0 Å². The molecule has 108 valence electrons. The Morgan fingerprint density at radius 2 is 2.16 bits per heavy atom. The van der Waals surface area contributed by atoms with Crippen molar-refractivity contribution in [3.05, 3.63) is 23.2 Å². The van der Waals surface area contributed by atoms with Crippen molar-refractivity contribution in [1.29, 1.82) is 0 Å². The second-order valence-corrected chi connectivity index (χ2v) is 4.12. The lowest BCUT2D eigenvalue weighted by atomic mass is 10.2. The van der Waals surface area contributed by atoms with E-state index in [0.717, 1.165) is 0 Å². The molecule has 0 aromatic carbocycles. The second kappa shape index (κ2) is 7.93. The largest absolute Gasteiger partial charge is 0.465 e. The molecule has 1 N–H and O–H groups in total. The monoisotopic (exact) mass is 271 g/mol. The Labute approximate surface area is 113 Å². The molecule has 0 amide bonds. The van der Waals surface area contributed by atoms with E-state index >= 15 is 0 Å². The van der Waals surface area contributed by atoms with Gasteiger partial charge in [0.15, 0.2) is 0 Å². The number of esters is 1. The lowest BCUT2D eigenvalue weighted by Gasteiger charge is -2.14. The third-order valence-corrected chi connectivity index (χ3v) is 2.73. The molecule has 0 fully saturated rings. The molecule has 0 aliphatic rings. The van der Waals surface area contributed by atoms with Crippen LogP contribution in [0.5, 0.6) is 0 Å². The summed E-state index contributed by atoms with van der Waals surface area (Å²) in [6.45, 7) is 3.41. The zero-order valence-electron chi connectivity index (χ0n) is 11.8. The molecule has 6 nitrogen and oxygen atoms in total. The summed E-state index contributed by atoms with van der Waals surface area (Å²) in [4.78, 5) is 11.4. The molecule has 1 heterocycles. The first-order valence-corrected chi connectivity index (χ1v) is 6.02. The molecule has 0 saturated heterocycles. The number of nitrogens with one attached hydrogen (secondary N) is 1. The van der Waals surface area contributed by atoms with Crippen molar-refractivity contribution in [2.45, 2.75) is 19.6 Å². The SMILES string of the molecule is COCC(CNCc1cc(C(=O)OC)c(C)o1)OC. The van der Waals surface area contributed by atoms with E-state index in [9.17, 15) is 4.79 Å². The topological polar surface area (TPSA) is 69.9 Å². The smallest absolute Gasteiger partial charge is 0.341 e. The molecule has 19 heavy (non-hydrogen) atoms. The van der Waals surface area contributed by atoms with E-state index in [-0.39, 0.29) is 12.1 Å². The summed E-state index contributed by atoms with van der Waals surface area (Å²) < 4.78 is 20.4. The Balaban J connectivity index is 2.47. The van der Waals surface area contributed by atoms with Crippen LogP contribution in [0.4, 0.5) is 0 Å². The Morgan fingerprint density at radius 3 is 2.74 bits per heavy atom. The molecule has 0 bridgehead atoms. The fraction of sp³-hybridized carbons (Fsp3) is 0.615. The zero-order valence-corrected chi connectivity index (χ0v) is 11.8. The van der Waals surface area contributed by atoms with E-state index in [4.69, 9.17) is 13.9 Å². The first kappa shape index (κ1) is 15.7. The van der Waals surface area contributed by atoms with E-state index < -0.39 is 0 Å². The predicted octanol–water partition coefficient (Wildman–Crippen LogP) is 1.13. The summed E-state index contributed by atoms with van der Waals surface area (Å²) in [5.41, 5.74) is 0.458. The van der Waals surface area contributed by atoms with Crippen molar-refractivity contribution in [3.63, 3.8) is 0 Å². The normalized spacial score (nSPS) is 12.4. The third kappa shape index (κ3) is 4.66. The Bertz CT molecular complexity index is 402. The van der Waals surface area contributed by atoms with Gasteiger partial charge in [-0.05, 0) is 13.0 Å². The Hall–Kier alpha value is -1.37. The minimum atomic E-state index is -0.387. The number of hydrogen-bond donors (Lipinski definition) is 1. The molecule has 6 heteroatoms. The van der Waals surface area contributed by atoms with Crippen LogP contribution in [0.25, 0.3) is 0 Å². The van der Waals surface area contributed by atoms with E-state index in [1.807, 2.05) is 0 Å². The van der Waals surface area contributed by atoms with Gasteiger partial charge in [0.25, 0.3) is 0 Å². The predicted molar refractivity (Wildman–Crippen MR) is 69.2 cm³/mol. The molecule has 1 aromatic rings. The van der Waals surface area contributed by atoms with Crippen LogP contribution in [0.3, 0.4) is 0 Å². The summed E-state index contributed by atoms with van der Waals surface area (Å²) in [7, 11) is 4.61. The van der Waals surface area contributed by atoms with Crippen LogP contribution in [0, 0.1) is 6.92 Å². The van der Waals surface area contributed by atoms with Crippen LogP contribution in [0.2, 0.25) is 0 Å². The fourth-order valence-corrected chi connectivity index (χ4v) is 1.70. The molecule has 1 aromatic heterocycles. The fourth-order valence-electron chi connectivity index (χ4n) is 1.70. The highest BCUT2D eigenvalue weighted by atomic mass is 16.5. The Kier molecular flexibility index (Phi) is 6.55. The quantitative estimate of drug-likeness (QED) is 0.715. The average molecular weight is 271 g/mol. The summed E-state index contributed by atoms with van der Waals surface area (Å²) >= 11 is 0. The van der Waals surface area contributed by atoms with Crippen molar-refractivity contribution >= 4 is 5.97 Å². The molecule has 0 saturated carbocycles. The summed E-state index contributed by atoms with van der Waals surface area (Å²) in [6.07, 6.45) is -0.0128. The number of furan rings is 1. The number of aryl methyl sites for hydroxylation is 1. The first-order chi connectivity index (χ1) is 9.12. The van der Waals surface area contributed by atoms with Gasteiger partial charge in [0.2, 0.25) is 0 Å². The Morgan fingerprint density at radius 1 is 1.42 bits per heavy atom.